The fraction of sp³-hybridized carbons (Fsp3) is 0.417. The van der Waals surface area contributed by atoms with Crippen LogP contribution < -0.4 is 10.6 Å². The summed E-state index contributed by atoms with van der Waals surface area (Å²) in [6, 6.07) is 4.18. The van der Waals surface area contributed by atoms with Gasteiger partial charge in [0.15, 0.2) is 0 Å². The van der Waals surface area contributed by atoms with E-state index in [9.17, 15) is 4.79 Å². The molecule has 2 rings (SSSR count). The van der Waals surface area contributed by atoms with Crippen LogP contribution in [0, 0.1) is 6.92 Å². The highest BCUT2D eigenvalue weighted by atomic mass is 79.9. The third-order valence-electron chi connectivity index (χ3n) is 2.67. The lowest BCUT2D eigenvalue weighted by molar-refractivity contribution is -0.118. The number of carbonyl (C=O) groups is 1. The normalized spacial score (nSPS) is 14.6. The van der Waals surface area contributed by atoms with Crippen molar-refractivity contribution < 1.29 is 4.79 Å². The topological polar surface area (TPSA) is 46.3 Å². The van der Waals surface area contributed by atoms with E-state index in [1.165, 1.54) is 10.5 Å². The summed E-state index contributed by atoms with van der Waals surface area (Å²) in [4.78, 5) is 15.0. The zero-order valence-corrected chi connectivity index (χ0v) is 12.1. The van der Waals surface area contributed by atoms with Gasteiger partial charge in [0.1, 0.15) is 0 Å². The molecule has 1 aromatic carbocycles. The van der Waals surface area contributed by atoms with E-state index in [-0.39, 0.29) is 5.91 Å². The first-order valence-electron chi connectivity index (χ1n) is 5.57. The lowest BCUT2D eigenvalue weighted by Crippen LogP contribution is -2.36. The minimum Gasteiger partial charge on any atom is -0.330 e. The van der Waals surface area contributed by atoms with Gasteiger partial charge in [-0.05, 0) is 40.5 Å². The van der Waals surface area contributed by atoms with Gasteiger partial charge in [0.25, 0.3) is 0 Å². The van der Waals surface area contributed by atoms with Crippen LogP contribution in [0.15, 0.2) is 21.5 Å². The number of nitrogens with two attached hydrogens (primary N) is 1. The summed E-state index contributed by atoms with van der Waals surface area (Å²) in [5.74, 6) is 1.05. The molecule has 92 valence electrons. The lowest BCUT2D eigenvalue weighted by atomic mass is 10.2. The van der Waals surface area contributed by atoms with E-state index in [1.807, 2.05) is 11.0 Å². The molecule has 0 bridgehead atoms. The number of thioether (sulfide) groups is 1. The summed E-state index contributed by atoms with van der Waals surface area (Å²) >= 11 is 5.36. The van der Waals surface area contributed by atoms with Crippen molar-refractivity contribution in [3.63, 3.8) is 0 Å². The first kappa shape index (κ1) is 12.9. The molecule has 1 aromatic rings. The smallest absolute Gasteiger partial charge is 0.228 e. The van der Waals surface area contributed by atoms with Gasteiger partial charge in [-0.25, -0.2) is 0 Å². The third-order valence-corrected chi connectivity index (χ3v) is 4.29. The van der Waals surface area contributed by atoms with Gasteiger partial charge in [0.05, 0.1) is 5.69 Å². The van der Waals surface area contributed by atoms with E-state index in [0.717, 1.165) is 22.5 Å². The molecule has 1 aliphatic heterocycles. The monoisotopic (exact) mass is 314 g/mol. The SMILES string of the molecule is Cc1cc(Br)c2c(c1)SCCN2C(=O)CCN. The Morgan fingerprint density at radius 3 is 3.06 bits per heavy atom. The average molecular weight is 315 g/mol. The van der Waals surface area contributed by atoms with Crippen molar-refractivity contribution in [3.05, 3.63) is 22.2 Å². The highest BCUT2D eigenvalue weighted by Gasteiger charge is 2.24. The molecule has 3 nitrogen and oxygen atoms in total. The second-order valence-electron chi connectivity index (χ2n) is 4.03. The molecule has 5 heteroatoms. The van der Waals surface area contributed by atoms with Crippen molar-refractivity contribution in [2.24, 2.45) is 5.73 Å². The summed E-state index contributed by atoms with van der Waals surface area (Å²) in [6.07, 6.45) is 0.407. The van der Waals surface area contributed by atoms with Crippen molar-refractivity contribution in [2.75, 3.05) is 23.7 Å². The zero-order valence-electron chi connectivity index (χ0n) is 9.70. The Morgan fingerprint density at radius 1 is 1.59 bits per heavy atom. The van der Waals surface area contributed by atoms with Gasteiger partial charge < -0.3 is 10.6 Å². The Hall–Kier alpha value is -0.520. The van der Waals surface area contributed by atoms with Crippen molar-refractivity contribution in [2.45, 2.75) is 18.2 Å². The zero-order chi connectivity index (χ0) is 12.4. The Balaban J connectivity index is 2.40. The van der Waals surface area contributed by atoms with Gasteiger partial charge in [-0.15, -0.1) is 11.8 Å². The van der Waals surface area contributed by atoms with Gasteiger partial charge in [-0.1, -0.05) is 0 Å². The maximum atomic E-state index is 12.0. The summed E-state index contributed by atoms with van der Waals surface area (Å²) in [5.41, 5.74) is 7.66. The van der Waals surface area contributed by atoms with Gasteiger partial charge in [-0.2, -0.15) is 0 Å². The summed E-state index contributed by atoms with van der Waals surface area (Å²) < 4.78 is 0.991. The number of halogens is 1. The first-order chi connectivity index (χ1) is 8.13. The molecular formula is C12H15BrN2OS. The van der Waals surface area contributed by atoms with E-state index >= 15 is 0 Å². The number of aryl methyl sites for hydroxylation is 1. The van der Waals surface area contributed by atoms with E-state index < -0.39 is 0 Å². The van der Waals surface area contributed by atoms with E-state index in [0.29, 0.717) is 13.0 Å². The molecule has 2 N–H and O–H groups in total. The fourth-order valence-electron chi connectivity index (χ4n) is 1.94. The highest BCUT2D eigenvalue weighted by Crippen LogP contribution is 2.41. The fourth-order valence-corrected chi connectivity index (χ4v) is 3.98. The van der Waals surface area contributed by atoms with Crippen LogP contribution >= 0.6 is 27.7 Å². The number of fused-ring (bicyclic) bond motifs is 1. The summed E-state index contributed by atoms with van der Waals surface area (Å²) in [5, 5.41) is 0. The van der Waals surface area contributed by atoms with Crippen LogP contribution in [-0.4, -0.2) is 24.7 Å². The number of amides is 1. The van der Waals surface area contributed by atoms with Crippen LogP contribution in [0.5, 0.6) is 0 Å². The Bertz CT molecular complexity index is 450. The molecule has 1 amide bonds. The predicted molar refractivity (Wildman–Crippen MR) is 75.6 cm³/mol. The predicted octanol–water partition coefficient (Wildman–Crippen LogP) is 2.55. The van der Waals surface area contributed by atoms with Crippen molar-refractivity contribution in [1.29, 1.82) is 0 Å². The van der Waals surface area contributed by atoms with Crippen molar-refractivity contribution in [1.82, 2.24) is 0 Å². The molecule has 0 spiro atoms. The highest BCUT2D eigenvalue weighted by molar-refractivity contribution is 9.10. The quantitative estimate of drug-likeness (QED) is 0.912. The van der Waals surface area contributed by atoms with Crippen molar-refractivity contribution in [3.8, 4) is 0 Å². The molecule has 0 saturated carbocycles. The van der Waals surface area contributed by atoms with Gasteiger partial charge in [0, 0.05) is 34.6 Å². The number of anilines is 1. The second kappa shape index (κ2) is 5.42. The maximum Gasteiger partial charge on any atom is 0.228 e. The van der Waals surface area contributed by atoms with Gasteiger partial charge >= 0.3 is 0 Å². The maximum absolute atomic E-state index is 12.0. The number of carbonyl (C=O) groups excluding carboxylic acids is 1. The average Bonchev–Trinajstić information content (AvgIpc) is 2.28. The standard InChI is InChI=1S/C12H15BrN2OS/c1-8-6-9(13)12-10(7-8)17-5-4-15(12)11(16)2-3-14/h6-7H,2-5,14H2,1H3. The number of hydrogen-bond acceptors (Lipinski definition) is 3. The van der Waals surface area contributed by atoms with E-state index in [2.05, 4.69) is 28.9 Å². The molecule has 1 heterocycles. The molecule has 0 unspecified atom stereocenters. The largest absolute Gasteiger partial charge is 0.330 e. The Kier molecular flexibility index (Phi) is 4.12. The van der Waals surface area contributed by atoms with Crippen LogP contribution in [0.25, 0.3) is 0 Å². The van der Waals surface area contributed by atoms with E-state index in [1.54, 1.807) is 11.8 Å². The lowest BCUT2D eigenvalue weighted by Gasteiger charge is -2.30. The molecule has 1 aliphatic rings. The Labute approximate surface area is 114 Å². The molecule has 17 heavy (non-hydrogen) atoms. The molecule has 0 saturated heterocycles. The van der Waals surface area contributed by atoms with Crippen molar-refractivity contribution >= 4 is 39.3 Å². The third kappa shape index (κ3) is 2.67. The summed E-state index contributed by atoms with van der Waals surface area (Å²) in [6.45, 7) is 3.23. The van der Waals surface area contributed by atoms with Crippen LogP contribution in [0.3, 0.4) is 0 Å². The minimum atomic E-state index is 0.110. The molecule has 0 fully saturated rings. The Morgan fingerprint density at radius 2 is 2.35 bits per heavy atom. The number of benzene rings is 1. The number of hydrogen-bond donors (Lipinski definition) is 1. The summed E-state index contributed by atoms with van der Waals surface area (Å²) in [7, 11) is 0. The number of nitrogens with zero attached hydrogens (tertiary/aromatic N) is 1. The molecule has 0 aromatic heterocycles. The first-order valence-corrected chi connectivity index (χ1v) is 7.34. The molecular weight excluding hydrogens is 300 g/mol. The van der Waals surface area contributed by atoms with Gasteiger partial charge in [0.2, 0.25) is 5.91 Å². The van der Waals surface area contributed by atoms with Crippen LogP contribution in [0.4, 0.5) is 5.69 Å². The molecule has 0 aliphatic carbocycles. The van der Waals surface area contributed by atoms with Crippen LogP contribution in [-0.2, 0) is 4.79 Å². The minimum absolute atomic E-state index is 0.110. The van der Waals surface area contributed by atoms with Crippen LogP contribution in [0.1, 0.15) is 12.0 Å². The second-order valence-corrected chi connectivity index (χ2v) is 6.02. The van der Waals surface area contributed by atoms with Gasteiger partial charge in [-0.3, -0.25) is 4.79 Å². The molecule has 0 atom stereocenters. The van der Waals surface area contributed by atoms with Crippen LogP contribution in [0.2, 0.25) is 0 Å². The molecule has 0 radical (unpaired) electrons. The number of rotatable bonds is 2. The van der Waals surface area contributed by atoms with E-state index in [4.69, 9.17) is 5.73 Å².